The first-order chi connectivity index (χ1) is 18.9. The Bertz CT molecular complexity index is 1390. The Hall–Kier alpha value is -3.81. The average Bonchev–Trinajstić information content (AvgIpc) is 3.54. The van der Waals surface area contributed by atoms with E-state index in [9.17, 15) is 19.5 Å². The van der Waals surface area contributed by atoms with Crippen LogP contribution in [0.4, 0.5) is 0 Å². The highest BCUT2D eigenvalue weighted by molar-refractivity contribution is 5.99. The predicted octanol–water partition coefficient (Wildman–Crippen LogP) is 5.84. The number of benzene rings is 2. The first-order valence-corrected chi connectivity index (χ1v) is 14.0. The quantitative estimate of drug-likeness (QED) is 0.309. The van der Waals surface area contributed by atoms with Crippen molar-refractivity contribution >= 4 is 28.7 Å². The van der Waals surface area contributed by atoms with Gasteiger partial charge < -0.3 is 24.5 Å². The molecule has 1 fully saturated rings. The summed E-state index contributed by atoms with van der Waals surface area (Å²) in [6, 6.07) is 10.8. The molecule has 40 heavy (non-hydrogen) atoms. The van der Waals surface area contributed by atoms with Gasteiger partial charge in [-0.1, -0.05) is 31.9 Å². The summed E-state index contributed by atoms with van der Waals surface area (Å²) in [6.45, 7) is 8.23. The zero-order valence-electron chi connectivity index (χ0n) is 24.1. The minimum atomic E-state index is -0.858. The number of carbonyl (C=O) groups excluding carboxylic acids is 2. The molecular weight excluding hydrogens is 508 g/mol. The minimum Gasteiger partial charge on any atom is -0.496 e. The molecule has 8 heteroatoms. The lowest BCUT2D eigenvalue weighted by molar-refractivity contribution is -0.141. The van der Waals surface area contributed by atoms with Crippen LogP contribution in [0.5, 0.6) is 5.75 Å². The number of esters is 1. The van der Waals surface area contributed by atoms with Crippen LogP contribution < -0.4 is 10.1 Å². The SMILES string of the molecule is COc1cc(C(=O)OC(C)(C)C)ccc1Cn1cc(CC(C)C(=O)O)c2ccc(C(=O)NCC3CCCC3)cc21. The van der Waals surface area contributed by atoms with Gasteiger partial charge in [0.15, 0.2) is 0 Å². The number of amides is 1. The molecule has 214 valence electrons. The molecule has 0 bridgehead atoms. The Morgan fingerprint density at radius 3 is 2.40 bits per heavy atom. The Morgan fingerprint density at radius 2 is 1.75 bits per heavy atom. The molecule has 0 saturated heterocycles. The molecule has 1 unspecified atom stereocenters. The van der Waals surface area contributed by atoms with Crippen molar-refractivity contribution in [2.24, 2.45) is 11.8 Å². The van der Waals surface area contributed by atoms with Crippen LogP contribution in [-0.2, 0) is 22.5 Å². The number of fused-ring (bicyclic) bond motifs is 1. The Kier molecular flexibility index (Phi) is 8.86. The normalized spacial score (nSPS) is 14.7. The molecule has 8 nitrogen and oxygen atoms in total. The summed E-state index contributed by atoms with van der Waals surface area (Å²) in [5.41, 5.74) is 2.91. The molecule has 1 aromatic heterocycles. The fraction of sp³-hybridized carbons (Fsp3) is 0.469. The monoisotopic (exact) mass is 548 g/mol. The lowest BCUT2D eigenvalue weighted by atomic mass is 10.00. The highest BCUT2D eigenvalue weighted by atomic mass is 16.6. The van der Waals surface area contributed by atoms with Crippen LogP contribution in [0.3, 0.4) is 0 Å². The molecule has 3 aromatic rings. The van der Waals surface area contributed by atoms with Gasteiger partial charge in [-0.15, -0.1) is 0 Å². The standard InChI is InChI=1S/C32H40N2O6/c1-20(30(36)37)14-25-19-34(18-24-11-10-23(16-28(24)39-5)31(38)40-32(2,3)4)27-15-22(12-13-26(25)27)29(35)33-17-21-8-6-7-9-21/h10-13,15-16,19-21H,6-9,14,17-18H2,1-5H3,(H,33,35)(H,36,37). The highest BCUT2D eigenvalue weighted by Gasteiger charge is 2.22. The number of hydrogen-bond donors (Lipinski definition) is 2. The minimum absolute atomic E-state index is 0.110. The smallest absolute Gasteiger partial charge is 0.338 e. The van der Waals surface area contributed by atoms with Gasteiger partial charge in [0.25, 0.3) is 5.91 Å². The third-order valence-electron chi connectivity index (χ3n) is 7.46. The fourth-order valence-corrected chi connectivity index (χ4v) is 5.30. The van der Waals surface area contributed by atoms with E-state index in [1.54, 1.807) is 26.2 Å². The zero-order chi connectivity index (χ0) is 29.0. The van der Waals surface area contributed by atoms with E-state index in [1.807, 2.05) is 55.8 Å². The number of carbonyl (C=O) groups is 3. The second kappa shape index (κ2) is 12.1. The summed E-state index contributed by atoms with van der Waals surface area (Å²) in [5.74, 6) is -0.879. The van der Waals surface area contributed by atoms with Crippen molar-refractivity contribution in [1.82, 2.24) is 9.88 Å². The average molecular weight is 549 g/mol. The summed E-state index contributed by atoms with van der Waals surface area (Å²) in [5, 5.41) is 13.5. The largest absolute Gasteiger partial charge is 0.496 e. The molecule has 1 heterocycles. The van der Waals surface area contributed by atoms with E-state index in [4.69, 9.17) is 9.47 Å². The maximum Gasteiger partial charge on any atom is 0.338 e. The summed E-state index contributed by atoms with van der Waals surface area (Å²) in [4.78, 5) is 37.2. The molecule has 1 aliphatic rings. The number of nitrogens with one attached hydrogen (secondary N) is 1. The molecule has 0 spiro atoms. The van der Waals surface area contributed by atoms with Gasteiger partial charge in [0.1, 0.15) is 11.4 Å². The van der Waals surface area contributed by atoms with Crippen molar-refractivity contribution in [3.8, 4) is 5.75 Å². The Labute approximate surface area is 235 Å². The van der Waals surface area contributed by atoms with E-state index in [-0.39, 0.29) is 5.91 Å². The zero-order valence-corrected chi connectivity index (χ0v) is 24.1. The highest BCUT2D eigenvalue weighted by Crippen LogP contribution is 2.29. The van der Waals surface area contributed by atoms with Crippen LogP contribution in [0, 0.1) is 11.8 Å². The summed E-state index contributed by atoms with van der Waals surface area (Å²) in [6.07, 6.45) is 7.07. The van der Waals surface area contributed by atoms with E-state index in [0.29, 0.717) is 42.3 Å². The van der Waals surface area contributed by atoms with Crippen molar-refractivity contribution in [3.05, 3.63) is 64.8 Å². The van der Waals surface area contributed by atoms with Crippen LogP contribution in [0.15, 0.2) is 42.6 Å². The first-order valence-electron chi connectivity index (χ1n) is 14.0. The number of methoxy groups -OCH3 is 1. The second-order valence-electron chi connectivity index (χ2n) is 11.8. The molecule has 4 rings (SSSR count). The maximum atomic E-state index is 13.0. The van der Waals surface area contributed by atoms with Crippen molar-refractivity contribution in [2.45, 2.75) is 71.9 Å². The number of aliphatic carboxylic acids is 1. The van der Waals surface area contributed by atoms with Crippen molar-refractivity contribution < 1.29 is 29.0 Å². The third-order valence-corrected chi connectivity index (χ3v) is 7.46. The number of carboxylic acid groups (broad SMARTS) is 1. The predicted molar refractivity (Wildman–Crippen MR) is 154 cm³/mol. The van der Waals surface area contributed by atoms with Crippen LogP contribution in [0.1, 0.15) is 85.2 Å². The molecule has 1 amide bonds. The van der Waals surface area contributed by atoms with E-state index >= 15 is 0 Å². The van der Waals surface area contributed by atoms with Crippen molar-refractivity contribution in [1.29, 1.82) is 0 Å². The van der Waals surface area contributed by atoms with Crippen molar-refractivity contribution in [3.63, 3.8) is 0 Å². The molecule has 1 saturated carbocycles. The van der Waals surface area contributed by atoms with E-state index in [0.717, 1.165) is 34.9 Å². The summed E-state index contributed by atoms with van der Waals surface area (Å²) in [7, 11) is 1.55. The van der Waals surface area contributed by atoms with Crippen LogP contribution in [0.2, 0.25) is 0 Å². The number of rotatable bonds is 10. The number of hydrogen-bond acceptors (Lipinski definition) is 5. The molecule has 1 aliphatic carbocycles. The number of nitrogens with zero attached hydrogens (tertiary/aromatic N) is 1. The number of ether oxygens (including phenoxy) is 2. The molecule has 0 radical (unpaired) electrons. The van der Waals surface area contributed by atoms with E-state index < -0.39 is 23.5 Å². The van der Waals surface area contributed by atoms with Crippen LogP contribution >= 0.6 is 0 Å². The van der Waals surface area contributed by atoms with Gasteiger partial charge in [-0.05, 0) is 75.8 Å². The summed E-state index contributed by atoms with van der Waals surface area (Å²) >= 11 is 0. The Balaban J connectivity index is 1.66. The van der Waals surface area contributed by atoms with E-state index in [2.05, 4.69) is 5.32 Å². The molecule has 1 atom stereocenters. The molecular formula is C32H40N2O6. The Morgan fingerprint density at radius 1 is 1.05 bits per heavy atom. The van der Waals surface area contributed by atoms with Crippen molar-refractivity contribution in [2.75, 3.05) is 13.7 Å². The maximum absolute atomic E-state index is 13.0. The summed E-state index contributed by atoms with van der Waals surface area (Å²) < 4.78 is 13.1. The van der Waals surface area contributed by atoms with Gasteiger partial charge in [-0.3, -0.25) is 9.59 Å². The van der Waals surface area contributed by atoms with Crippen LogP contribution in [-0.4, -0.2) is 46.8 Å². The van der Waals surface area contributed by atoms with Gasteiger partial charge >= 0.3 is 11.9 Å². The molecule has 2 N–H and O–H groups in total. The lowest BCUT2D eigenvalue weighted by Crippen LogP contribution is -2.28. The molecule has 2 aromatic carbocycles. The topological polar surface area (TPSA) is 107 Å². The van der Waals surface area contributed by atoms with Gasteiger partial charge in [-0.2, -0.15) is 0 Å². The van der Waals surface area contributed by atoms with Gasteiger partial charge in [-0.25, -0.2) is 4.79 Å². The van der Waals surface area contributed by atoms with Gasteiger partial charge in [0.05, 0.1) is 25.1 Å². The molecule has 0 aliphatic heterocycles. The van der Waals surface area contributed by atoms with Gasteiger partial charge in [0.2, 0.25) is 0 Å². The lowest BCUT2D eigenvalue weighted by Gasteiger charge is -2.20. The third kappa shape index (κ3) is 7.03. The van der Waals surface area contributed by atoms with Crippen LogP contribution in [0.25, 0.3) is 10.9 Å². The first kappa shape index (κ1) is 29.2. The van der Waals surface area contributed by atoms with E-state index in [1.165, 1.54) is 12.8 Å². The second-order valence-corrected chi connectivity index (χ2v) is 11.8. The number of carboxylic acids is 1. The fourth-order valence-electron chi connectivity index (χ4n) is 5.30. The number of aromatic nitrogens is 1. The van der Waals surface area contributed by atoms with Gasteiger partial charge in [0, 0.05) is 34.8 Å².